The zero-order valence-electron chi connectivity index (χ0n) is 15.5. The Labute approximate surface area is 157 Å². The van der Waals surface area contributed by atoms with Gasteiger partial charge in [0, 0.05) is 18.3 Å². The minimum atomic E-state index is -0.865. The number of benzene rings is 1. The monoisotopic (exact) mass is 372 g/mol. The van der Waals surface area contributed by atoms with Crippen molar-refractivity contribution in [2.24, 2.45) is 5.92 Å². The summed E-state index contributed by atoms with van der Waals surface area (Å²) >= 11 is 0. The normalized spacial score (nSPS) is 24.7. The molecule has 3 N–H and O–H groups in total. The number of hydrogen-bond donors (Lipinski definition) is 3. The smallest absolute Gasteiger partial charge is 0.325 e. The van der Waals surface area contributed by atoms with Crippen molar-refractivity contribution >= 4 is 35.1 Å². The zero-order chi connectivity index (χ0) is 19.6. The van der Waals surface area contributed by atoms with Crippen LogP contribution < -0.4 is 16.0 Å². The predicted octanol–water partition coefficient (Wildman–Crippen LogP) is 2.08. The van der Waals surface area contributed by atoms with Crippen LogP contribution in [0.4, 0.5) is 16.2 Å². The Morgan fingerprint density at radius 1 is 1.15 bits per heavy atom. The van der Waals surface area contributed by atoms with Crippen molar-refractivity contribution in [2.75, 3.05) is 17.2 Å². The molecule has 0 unspecified atom stereocenters. The maximum atomic E-state index is 12.9. The van der Waals surface area contributed by atoms with Gasteiger partial charge in [0.05, 0.1) is 0 Å². The Bertz CT molecular complexity index is 776. The first-order chi connectivity index (χ1) is 12.8. The number of nitrogens with one attached hydrogen (secondary N) is 3. The quantitative estimate of drug-likeness (QED) is 0.703. The molecule has 2 atom stereocenters. The Hall–Kier alpha value is -2.90. The molecule has 8 heteroatoms. The van der Waals surface area contributed by atoms with E-state index in [1.807, 2.05) is 6.92 Å². The highest BCUT2D eigenvalue weighted by atomic mass is 16.2. The largest absolute Gasteiger partial charge is 0.326 e. The van der Waals surface area contributed by atoms with Crippen LogP contribution in [0.3, 0.4) is 0 Å². The third kappa shape index (κ3) is 3.79. The highest BCUT2D eigenvalue weighted by Crippen LogP contribution is 2.38. The average Bonchev–Trinajstić information content (AvgIpc) is 2.84. The second-order valence-electron chi connectivity index (χ2n) is 7.25. The third-order valence-electron chi connectivity index (χ3n) is 5.29. The van der Waals surface area contributed by atoms with Gasteiger partial charge >= 0.3 is 6.03 Å². The third-order valence-corrected chi connectivity index (χ3v) is 5.29. The van der Waals surface area contributed by atoms with Crippen LogP contribution in [0.1, 0.15) is 39.5 Å². The van der Waals surface area contributed by atoms with Crippen LogP contribution in [0.25, 0.3) is 0 Å². The summed E-state index contributed by atoms with van der Waals surface area (Å²) in [7, 11) is 0. The van der Waals surface area contributed by atoms with Crippen molar-refractivity contribution in [1.29, 1.82) is 0 Å². The maximum Gasteiger partial charge on any atom is 0.325 e. The topological polar surface area (TPSA) is 108 Å². The van der Waals surface area contributed by atoms with Gasteiger partial charge in [-0.3, -0.25) is 19.3 Å². The predicted molar refractivity (Wildman–Crippen MR) is 100.0 cm³/mol. The fourth-order valence-corrected chi connectivity index (χ4v) is 3.82. The number of hydrogen-bond acceptors (Lipinski definition) is 4. The van der Waals surface area contributed by atoms with E-state index in [-0.39, 0.29) is 24.3 Å². The number of amides is 5. The molecule has 3 rings (SSSR count). The lowest BCUT2D eigenvalue weighted by Crippen LogP contribution is -2.54. The summed E-state index contributed by atoms with van der Waals surface area (Å²) in [6.07, 6.45) is 3.42. The molecule has 1 saturated carbocycles. The molecule has 0 bridgehead atoms. The Morgan fingerprint density at radius 3 is 2.37 bits per heavy atom. The van der Waals surface area contributed by atoms with Gasteiger partial charge in [0.1, 0.15) is 12.1 Å². The van der Waals surface area contributed by atoms with Crippen molar-refractivity contribution < 1.29 is 19.2 Å². The highest BCUT2D eigenvalue weighted by Gasteiger charge is 2.55. The highest BCUT2D eigenvalue weighted by molar-refractivity contribution is 6.10. The van der Waals surface area contributed by atoms with Crippen molar-refractivity contribution in [1.82, 2.24) is 10.2 Å². The summed E-state index contributed by atoms with van der Waals surface area (Å²) in [6.45, 7) is 3.05. The first-order valence-electron chi connectivity index (χ1n) is 9.13. The van der Waals surface area contributed by atoms with E-state index in [2.05, 4.69) is 16.0 Å². The number of rotatable bonds is 4. The Balaban J connectivity index is 1.63. The van der Waals surface area contributed by atoms with Gasteiger partial charge in [0.2, 0.25) is 11.8 Å². The lowest BCUT2D eigenvalue weighted by molar-refractivity contribution is -0.136. The number of nitrogens with zero attached hydrogens (tertiary/aromatic N) is 1. The van der Waals surface area contributed by atoms with Crippen molar-refractivity contribution in [3.63, 3.8) is 0 Å². The van der Waals surface area contributed by atoms with Gasteiger partial charge < -0.3 is 16.0 Å². The van der Waals surface area contributed by atoms with Gasteiger partial charge in [0.15, 0.2) is 0 Å². The Morgan fingerprint density at radius 2 is 1.78 bits per heavy atom. The molecule has 27 heavy (non-hydrogen) atoms. The van der Waals surface area contributed by atoms with E-state index in [1.54, 1.807) is 24.3 Å². The average molecular weight is 372 g/mol. The standard InChI is InChI=1S/C19H24N4O4/c1-12-5-3-4-10-19(12)17(26)23(18(27)22-19)11-16(25)21-15-8-6-14(7-9-15)20-13(2)24/h6-9,12H,3-5,10-11H2,1-2H3,(H,20,24)(H,21,25)(H,22,27)/t12-,19-/m1/s1. The van der Waals surface area contributed by atoms with Gasteiger partial charge in [-0.15, -0.1) is 0 Å². The van der Waals surface area contributed by atoms with E-state index < -0.39 is 17.5 Å². The first-order valence-corrected chi connectivity index (χ1v) is 9.13. The van der Waals surface area contributed by atoms with Crippen LogP contribution in [0, 0.1) is 5.92 Å². The van der Waals surface area contributed by atoms with Crippen molar-refractivity contribution in [3.8, 4) is 0 Å². The number of anilines is 2. The molecule has 144 valence electrons. The lowest BCUT2D eigenvalue weighted by Gasteiger charge is -2.36. The van der Waals surface area contributed by atoms with E-state index in [4.69, 9.17) is 0 Å². The summed E-state index contributed by atoms with van der Waals surface area (Å²) in [5.41, 5.74) is 0.264. The molecular weight excluding hydrogens is 348 g/mol. The molecule has 0 radical (unpaired) electrons. The molecule has 1 aliphatic carbocycles. The molecule has 2 aliphatic rings. The van der Waals surface area contributed by atoms with E-state index in [0.717, 1.165) is 24.2 Å². The fourth-order valence-electron chi connectivity index (χ4n) is 3.82. The second kappa shape index (κ2) is 7.38. The minimum Gasteiger partial charge on any atom is -0.326 e. The summed E-state index contributed by atoms with van der Waals surface area (Å²) in [5.74, 6) is -0.893. The van der Waals surface area contributed by atoms with Gasteiger partial charge in [-0.1, -0.05) is 19.8 Å². The molecular formula is C19H24N4O4. The molecule has 1 aliphatic heterocycles. The van der Waals surface area contributed by atoms with Crippen LogP contribution in [0.5, 0.6) is 0 Å². The maximum absolute atomic E-state index is 12.9. The van der Waals surface area contributed by atoms with Crippen LogP contribution in [0.2, 0.25) is 0 Å². The van der Waals surface area contributed by atoms with Gasteiger partial charge in [-0.2, -0.15) is 0 Å². The SMILES string of the molecule is CC(=O)Nc1ccc(NC(=O)CN2C(=O)N[C@@]3(CCCC[C@H]3C)C2=O)cc1. The van der Waals surface area contributed by atoms with Crippen LogP contribution in [-0.4, -0.2) is 40.7 Å². The molecule has 1 saturated heterocycles. The van der Waals surface area contributed by atoms with E-state index in [1.165, 1.54) is 6.92 Å². The molecule has 0 aromatic heterocycles. The molecule has 5 amide bonds. The Kier molecular flexibility index (Phi) is 5.16. The van der Waals surface area contributed by atoms with Gasteiger partial charge in [0.25, 0.3) is 5.91 Å². The summed E-state index contributed by atoms with van der Waals surface area (Å²) in [6, 6.07) is 6.08. The summed E-state index contributed by atoms with van der Waals surface area (Å²) in [4.78, 5) is 49.5. The molecule has 1 aromatic rings. The number of urea groups is 1. The van der Waals surface area contributed by atoms with Crippen molar-refractivity contribution in [2.45, 2.75) is 45.1 Å². The molecule has 8 nitrogen and oxygen atoms in total. The summed E-state index contributed by atoms with van der Waals surface area (Å²) < 4.78 is 0. The van der Waals surface area contributed by atoms with Crippen LogP contribution in [0.15, 0.2) is 24.3 Å². The lowest BCUT2D eigenvalue weighted by atomic mass is 9.73. The number of carbonyl (C=O) groups excluding carboxylic acids is 4. The zero-order valence-corrected chi connectivity index (χ0v) is 15.5. The van der Waals surface area contributed by atoms with Gasteiger partial charge in [-0.25, -0.2) is 4.79 Å². The second-order valence-corrected chi connectivity index (χ2v) is 7.25. The van der Waals surface area contributed by atoms with Gasteiger partial charge in [-0.05, 0) is 43.0 Å². The number of carbonyl (C=O) groups is 4. The van der Waals surface area contributed by atoms with Crippen LogP contribution >= 0.6 is 0 Å². The molecule has 1 aromatic carbocycles. The fraction of sp³-hybridized carbons (Fsp3) is 0.474. The summed E-state index contributed by atoms with van der Waals surface area (Å²) in [5, 5.41) is 8.13. The van der Waals surface area contributed by atoms with E-state index in [9.17, 15) is 19.2 Å². The van der Waals surface area contributed by atoms with E-state index in [0.29, 0.717) is 17.8 Å². The molecule has 2 fully saturated rings. The van der Waals surface area contributed by atoms with Crippen molar-refractivity contribution in [3.05, 3.63) is 24.3 Å². The van der Waals surface area contributed by atoms with E-state index >= 15 is 0 Å². The molecule has 1 heterocycles. The first kappa shape index (κ1) is 18.9. The minimum absolute atomic E-state index is 0.0529. The number of imide groups is 1. The van der Waals surface area contributed by atoms with Crippen LogP contribution in [-0.2, 0) is 14.4 Å². The molecule has 1 spiro atoms.